The summed E-state index contributed by atoms with van der Waals surface area (Å²) < 4.78 is 13.4. The highest BCUT2D eigenvalue weighted by Crippen LogP contribution is 2.25. The molecular formula is C12H13ClFN3O2. The van der Waals surface area contributed by atoms with Crippen LogP contribution in [0.2, 0.25) is 5.02 Å². The lowest BCUT2D eigenvalue weighted by Gasteiger charge is -2.24. The number of oxime groups is 1. The molecule has 0 aromatic heterocycles. The normalized spacial score (nSPS) is 19.8. The maximum absolute atomic E-state index is 13.4. The van der Waals surface area contributed by atoms with Crippen LogP contribution in [-0.4, -0.2) is 34.4 Å². The summed E-state index contributed by atoms with van der Waals surface area (Å²) in [5.41, 5.74) is 5.63. The third-order valence-electron chi connectivity index (χ3n) is 3.15. The van der Waals surface area contributed by atoms with Crippen LogP contribution >= 0.6 is 11.6 Å². The zero-order valence-electron chi connectivity index (χ0n) is 10.0. The molecule has 1 saturated heterocycles. The van der Waals surface area contributed by atoms with Gasteiger partial charge in [0.1, 0.15) is 5.82 Å². The van der Waals surface area contributed by atoms with Crippen molar-refractivity contribution in [2.24, 2.45) is 10.9 Å². The minimum atomic E-state index is -0.646. The van der Waals surface area contributed by atoms with Crippen molar-refractivity contribution < 1.29 is 14.4 Å². The molecule has 1 aliphatic heterocycles. The van der Waals surface area contributed by atoms with E-state index in [-0.39, 0.29) is 16.4 Å². The molecule has 1 aromatic carbocycles. The second-order valence-electron chi connectivity index (χ2n) is 4.28. The molecule has 0 spiro atoms. The minimum absolute atomic E-state index is 0.0293. The highest BCUT2D eigenvalue weighted by molar-refractivity contribution is 6.34. The summed E-state index contributed by atoms with van der Waals surface area (Å²) in [4.78, 5) is 13.8. The Balaban J connectivity index is 2.31. The molecule has 1 fully saturated rings. The van der Waals surface area contributed by atoms with Crippen LogP contribution in [0.25, 0.3) is 0 Å². The number of rotatable bonds is 2. The molecular weight excluding hydrogens is 273 g/mol. The number of hydrogen-bond donors (Lipinski definition) is 2. The van der Waals surface area contributed by atoms with E-state index >= 15 is 0 Å². The minimum Gasteiger partial charge on any atom is -0.409 e. The molecule has 0 saturated carbocycles. The van der Waals surface area contributed by atoms with E-state index in [1.165, 1.54) is 23.1 Å². The molecule has 2 rings (SSSR count). The van der Waals surface area contributed by atoms with Crippen LogP contribution in [0.4, 0.5) is 4.39 Å². The van der Waals surface area contributed by atoms with Crippen LogP contribution in [-0.2, 0) is 0 Å². The third-order valence-corrected chi connectivity index (χ3v) is 3.54. The number of carbonyl (C=O) groups is 1. The van der Waals surface area contributed by atoms with Gasteiger partial charge in [0, 0.05) is 6.54 Å². The third kappa shape index (κ3) is 2.49. The molecule has 102 valence electrons. The Labute approximate surface area is 114 Å². The molecule has 1 aliphatic rings. The van der Waals surface area contributed by atoms with Crippen LogP contribution in [0.5, 0.6) is 0 Å². The molecule has 1 aromatic rings. The first kappa shape index (κ1) is 13.6. The molecule has 1 atom stereocenters. The van der Waals surface area contributed by atoms with Crippen molar-refractivity contribution in [2.45, 2.75) is 18.9 Å². The van der Waals surface area contributed by atoms with E-state index in [9.17, 15) is 9.18 Å². The average Bonchev–Trinajstić information content (AvgIpc) is 2.89. The van der Waals surface area contributed by atoms with Gasteiger partial charge in [-0.15, -0.1) is 0 Å². The van der Waals surface area contributed by atoms with Gasteiger partial charge >= 0.3 is 0 Å². The van der Waals surface area contributed by atoms with Gasteiger partial charge in [-0.3, -0.25) is 4.79 Å². The summed E-state index contributed by atoms with van der Waals surface area (Å²) >= 11 is 5.79. The van der Waals surface area contributed by atoms with Crippen molar-refractivity contribution in [2.75, 3.05) is 6.54 Å². The lowest BCUT2D eigenvalue weighted by atomic mass is 10.1. The van der Waals surface area contributed by atoms with E-state index in [4.69, 9.17) is 22.5 Å². The number of hydrogen-bond acceptors (Lipinski definition) is 3. The summed E-state index contributed by atoms with van der Waals surface area (Å²) in [6, 6.07) is 3.58. The van der Waals surface area contributed by atoms with E-state index < -0.39 is 17.8 Å². The summed E-state index contributed by atoms with van der Waals surface area (Å²) in [5, 5.41) is 11.4. The average molecular weight is 286 g/mol. The molecule has 19 heavy (non-hydrogen) atoms. The first-order valence-electron chi connectivity index (χ1n) is 5.78. The molecule has 1 amide bonds. The van der Waals surface area contributed by atoms with Crippen LogP contribution in [0.1, 0.15) is 23.2 Å². The van der Waals surface area contributed by atoms with E-state index in [0.717, 1.165) is 6.42 Å². The lowest BCUT2D eigenvalue weighted by molar-refractivity contribution is 0.0767. The molecule has 0 radical (unpaired) electrons. The molecule has 0 bridgehead atoms. The fraction of sp³-hybridized carbons (Fsp3) is 0.333. The van der Waals surface area contributed by atoms with Crippen LogP contribution in [0.15, 0.2) is 23.4 Å². The maximum Gasteiger partial charge on any atom is 0.256 e. The first-order valence-corrected chi connectivity index (χ1v) is 6.16. The standard InChI is InChI=1S/C12H13ClFN3O2/c13-10-7(3-1-4-8(10)14)12(18)17-6-2-5-9(17)11(15)16-19/h1,3-4,9,19H,2,5-6H2,(H2,15,16). The van der Waals surface area contributed by atoms with Gasteiger partial charge in [-0.1, -0.05) is 22.8 Å². The van der Waals surface area contributed by atoms with Crippen molar-refractivity contribution in [1.29, 1.82) is 0 Å². The largest absolute Gasteiger partial charge is 0.409 e. The van der Waals surface area contributed by atoms with Crippen molar-refractivity contribution >= 4 is 23.3 Å². The number of benzene rings is 1. The topological polar surface area (TPSA) is 78.9 Å². The van der Waals surface area contributed by atoms with Gasteiger partial charge in [0.15, 0.2) is 5.84 Å². The Bertz CT molecular complexity index is 536. The summed E-state index contributed by atoms with van der Waals surface area (Å²) in [5.74, 6) is -1.09. The summed E-state index contributed by atoms with van der Waals surface area (Å²) in [6.45, 7) is 0.465. The Morgan fingerprint density at radius 2 is 2.32 bits per heavy atom. The zero-order chi connectivity index (χ0) is 14.0. The molecule has 5 nitrogen and oxygen atoms in total. The van der Waals surface area contributed by atoms with E-state index in [1.807, 2.05) is 0 Å². The highest BCUT2D eigenvalue weighted by atomic mass is 35.5. The van der Waals surface area contributed by atoms with Gasteiger partial charge in [-0.2, -0.15) is 0 Å². The van der Waals surface area contributed by atoms with Gasteiger partial charge in [0.05, 0.1) is 16.6 Å². The molecule has 0 aliphatic carbocycles. The Morgan fingerprint density at radius 1 is 1.58 bits per heavy atom. The Hall–Kier alpha value is -1.82. The SMILES string of the molecule is N/C(=N/O)C1CCCN1C(=O)c1cccc(F)c1Cl. The Kier molecular flexibility index (Phi) is 3.90. The van der Waals surface area contributed by atoms with Crippen molar-refractivity contribution in [3.8, 4) is 0 Å². The number of carbonyl (C=O) groups excluding carboxylic acids is 1. The molecule has 1 unspecified atom stereocenters. The summed E-state index contributed by atoms with van der Waals surface area (Å²) in [6.07, 6.45) is 1.34. The predicted molar refractivity (Wildman–Crippen MR) is 68.9 cm³/mol. The van der Waals surface area contributed by atoms with Gasteiger partial charge in [-0.25, -0.2) is 4.39 Å². The first-order chi connectivity index (χ1) is 9.06. The number of halogens is 2. The number of amidine groups is 1. The van der Waals surface area contributed by atoms with Gasteiger partial charge in [0.2, 0.25) is 0 Å². The molecule has 3 N–H and O–H groups in total. The van der Waals surface area contributed by atoms with Crippen LogP contribution in [0.3, 0.4) is 0 Å². The van der Waals surface area contributed by atoms with E-state index in [1.54, 1.807) is 0 Å². The zero-order valence-corrected chi connectivity index (χ0v) is 10.8. The smallest absolute Gasteiger partial charge is 0.256 e. The number of nitrogens with zero attached hydrogens (tertiary/aromatic N) is 2. The second-order valence-corrected chi connectivity index (χ2v) is 4.66. The fourth-order valence-electron chi connectivity index (χ4n) is 2.21. The van der Waals surface area contributed by atoms with Gasteiger partial charge in [0.25, 0.3) is 5.91 Å². The number of likely N-dealkylation sites (tertiary alicyclic amines) is 1. The maximum atomic E-state index is 13.4. The van der Waals surface area contributed by atoms with Crippen molar-refractivity contribution in [1.82, 2.24) is 4.90 Å². The second kappa shape index (κ2) is 5.44. The van der Waals surface area contributed by atoms with Crippen LogP contribution < -0.4 is 5.73 Å². The predicted octanol–water partition coefficient (Wildman–Crippen LogP) is 1.83. The van der Waals surface area contributed by atoms with Gasteiger partial charge in [-0.05, 0) is 25.0 Å². The van der Waals surface area contributed by atoms with Crippen molar-refractivity contribution in [3.63, 3.8) is 0 Å². The molecule has 1 heterocycles. The van der Waals surface area contributed by atoms with E-state index in [2.05, 4.69) is 5.16 Å². The van der Waals surface area contributed by atoms with Crippen molar-refractivity contribution in [3.05, 3.63) is 34.6 Å². The lowest BCUT2D eigenvalue weighted by Crippen LogP contribution is -2.44. The summed E-state index contributed by atoms with van der Waals surface area (Å²) in [7, 11) is 0. The van der Waals surface area contributed by atoms with E-state index in [0.29, 0.717) is 13.0 Å². The number of amides is 1. The highest BCUT2D eigenvalue weighted by Gasteiger charge is 2.33. The quantitative estimate of drug-likeness (QED) is 0.376. The van der Waals surface area contributed by atoms with Gasteiger partial charge < -0.3 is 15.8 Å². The fourth-order valence-corrected chi connectivity index (χ4v) is 2.41. The van der Waals surface area contributed by atoms with Crippen LogP contribution in [0, 0.1) is 5.82 Å². The Morgan fingerprint density at radius 3 is 3.00 bits per heavy atom. The number of nitrogens with two attached hydrogens (primary N) is 1. The molecule has 7 heteroatoms. The monoisotopic (exact) mass is 285 g/mol.